The van der Waals surface area contributed by atoms with Crippen LogP contribution in [0.4, 0.5) is 33.2 Å². The number of aromatic nitrogens is 2. The first kappa shape index (κ1) is 25.7. The van der Waals surface area contributed by atoms with Crippen molar-refractivity contribution >= 4 is 46.5 Å². The summed E-state index contributed by atoms with van der Waals surface area (Å²) in [6.45, 7) is 1.91. The predicted molar refractivity (Wildman–Crippen MR) is 140 cm³/mol. The topological polar surface area (TPSA) is 156 Å². The molecule has 3 amide bonds. The van der Waals surface area contributed by atoms with Gasteiger partial charge in [-0.1, -0.05) is 6.07 Å². The van der Waals surface area contributed by atoms with Gasteiger partial charge in [0.25, 0.3) is 17.4 Å². The molecule has 0 spiro atoms. The number of carbonyl (C=O) groups excluding carboxylic acids is 3. The lowest BCUT2D eigenvalue weighted by Crippen LogP contribution is -2.58. The van der Waals surface area contributed by atoms with Gasteiger partial charge in [0, 0.05) is 18.8 Å². The van der Waals surface area contributed by atoms with Crippen molar-refractivity contribution in [2.24, 2.45) is 0 Å². The fourth-order valence-corrected chi connectivity index (χ4v) is 4.12. The van der Waals surface area contributed by atoms with E-state index in [4.69, 9.17) is 9.47 Å². The monoisotopic (exact) mass is 535 g/mol. The van der Waals surface area contributed by atoms with Crippen molar-refractivity contribution in [3.05, 3.63) is 54.0 Å². The lowest BCUT2D eigenvalue weighted by atomic mass is 10.0. The number of hydrogen-bond acceptors (Lipinski definition) is 9. The van der Waals surface area contributed by atoms with Crippen LogP contribution in [-0.4, -0.2) is 53.5 Å². The number of ether oxygens (including phenoxy) is 2. The number of nitrogens with zero attached hydrogens (tertiary/aromatic N) is 2. The number of amides is 3. The van der Waals surface area contributed by atoms with Crippen LogP contribution in [0, 0.1) is 5.82 Å². The highest BCUT2D eigenvalue weighted by molar-refractivity contribution is 6.15. The molecular weight excluding hydrogens is 509 g/mol. The van der Waals surface area contributed by atoms with Crippen molar-refractivity contribution < 1.29 is 28.2 Å². The molecule has 8 bridgehead atoms. The predicted octanol–water partition coefficient (Wildman–Crippen LogP) is 2.38. The van der Waals surface area contributed by atoms with Crippen molar-refractivity contribution in [1.29, 1.82) is 0 Å². The summed E-state index contributed by atoms with van der Waals surface area (Å²) in [5.74, 6) is -1.51. The van der Waals surface area contributed by atoms with E-state index in [1.54, 1.807) is 36.4 Å². The molecule has 0 fully saturated rings. The first-order chi connectivity index (χ1) is 18.7. The zero-order valence-electron chi connectivity index (χ0n) is 21.2. The molecule has 0 saturated heterocycles. The number of carbonyl (C=O) groups is 3. The van der Waals surface area contributed by atoms with E-state index >= 15 is 0 Å². The van der Waals surface area contributed by atoms with Crippen molar-refractivity contribution in [2.45, 2.75) is 25.4 Å². The average molecular weight is 536 g/mol. The van der Waals surface area contributed by atoms with Crippen LogP contribution in [0.5, 0.6) is 11.5 Å². The summed E-state index contributed by atoms with van der Waals surface area (Å²) in [5, 5.41) is 14.1. The van der Waals surface area contributed by atoms with Gasteiger partial charge in [-0.3, -0.25) is 14.4 Å². The van der Waals surface area contributed by atoms with E-state index in [1.807, 2.05) is 0 Å². The van der Waals surface area contributed by atoms with Gasteiger partial charge in [0.05, 0.1) is 31.1 Å². The molecule has 5 N–H and O–H groups in total. The summed E-state index contributed by atoms with van der Waals surface area (Å²) in [4.78, 5) is 46.4. The lowest BCUT2D eigenvalue weighted by Gasteiger charge is -2.33. The number of hydrogen-bond donors (Lipinski definition) is 5. The third-order valence-electron chi connectivity index (χ3n) is 6.25. The second kappa shape index (κ2) is 10.4. The number of anilines is 5. The van der Waals surface area contributed by atoms with Gasteiger partial charge in [0.15, 0.2) is 11.6 Å². The Morgan fingerprint density at radius 2 is 1.79 bits per heavy atom. The van der Waals surface area contributed by atoms with Crippen LogP contribution >= 0.6 is 0 Å². The molecule has 4 aliphatic heterocycles. The molecule has 2 aromatic carbocycles. The Morgan fingerprint density at radius 1 is 0.974 bits per heavy atom. The molecule has 1 aromatic heterocycles. The third kappa shape index (κ3) is 5.37. The number of benzene rings is 2. The van der Waals surface area contributed by atoms with E-state index in [0.29, 0.717) is 41.3 Å². The van der Waals surface area contributed by atoms with E-state index in [9.17, 15) is 18.8 Å². The van der Waals surface area contributed by atoms with Crippen molar-refractivity contribution in [3.63, 3.8) is 0 Å². The molecule has 1 atom stereocenters. The molecule has 0 aliphatic carbocycles. The van der Waals surface area contributed by atoms with Crippen LogP contribution in [0.15, 0.2) is 42.6 Å². The van der Waals surface area contributed by atoms with Crippen LogP contribution in [0.3, 0.4) is 0 Å². The summed E-state index contributed by atoms with van der Waals surface area (Å²) in [7, 11) is 1.50. The molecule has 13 heteroatoms. The molecule has 0 radical (unpaired) electrons. The Morgan fingerprint density at radius 3 is 2.62 bits per heavy atom. The molecule has 3 aromatic rings. The number of rotatable bonds is 1. The van der Waals surface area contributed by atoms with Gasteiger partial charge in [-0.25, -0.2) is 9.37 Å². The first-order valence-electron chi connectivity index (χ1n) is 12.2. The molecule has 202 valence electrons. The van der Waals surface area contributed by atoms with Gasteiger partial charge in [-0.2, -0.15) is 4.98 Å². The maximum Gasteiger partial charge on any atom is 0.278 e. The van der Waals surface area contributed by atoms with Crippen LogP contribution in [0.1, 0.15) is 18.9 Å². The molecule has 1 unspecified atom stereocenters. The minimum absolute atomic E-state index is 0.0809. The Bertz CT molecular complexity index is 1470. The fraction of sp³-hybridized carbons (Fsp3) is 0.269. The highest BCUT2D eigenvalue weighted by Crippen LogP contribution is 2.37. The molecular formula is C26H26FN7O5. The molecule has 12 nitrogen and oxygen atoms in total. The number of halogens is 1. The Labute approximate surface area is 222 Å². The van der Waals surface area contributed by atoms with Gasteiger partial charge in [-0.05, 0) is 49.2 Å². The zero-order valence-corrected chi connectivity index (χ0v) is 21.2. The van der Waals surface area contributed by atoms with E-state index in [-0.39, 0.29) is 36.4 Å². The lowest BCUT2D eigenvalue weighted by molar-refractivity contribution is -0.146. The highest BCUT2D eigenvalue weighted by atomic mass is 19.1. The van der Waals surface area contributed by atoms with E-state index in [2.05, 4.69) is 36.6 Å². The summed E-state index contributed by atoms with van der Waals surface area (Å²) < 4.78 is 25.8. The Hall–Kier alpha value is -4.94. The SMILES string of the molecule is COc1ccc2cc1Nc1ncc(F)c(n1)Nc1ccc3c(c1)NC(=O)C(C)(O3)C(=O)NCCCNC(=O)C2. The number of methoxy groups -OCH3 is 1. The Balaban J connectivity index is 1.50. The second-order valence-corrected chi connectivity index (χ2v) is 9.11. The van der Waals surface area contributed by atoms with Crippen molar-refractivity contribution in [2.75, 3.05) is 36.1 Å². The molecule has 39 heavy (non-hydrogen) atoms. The summed E-state index contributed by atoms with van der Waals surface area (Å²) in [5.41, 5.74) is 0.0897. The van der Waals surface area contributed by atoms with E-state index in [1.165, 1.54) is 14.0 Å². The highest BCUT2D eigenvalue weighted by Gasteiger charge is 2.47. The normalized spacial score (nSPS) is 19.2. The number of fused-ring (bicyclic) bond motifs is 2. The molecule has 7 rings (SSSR count). The van der Waals surface area contributed by atoms with Crippen LogP contribution < -0.4 is 36.1 Å². The minimum atomic E-state index is -1.80. The Kier molecular flexibility index (Phi) is 6.88. The standard InChI is InChI=1S/C26H26FN7O5/c1-26-23(36)29-9-3-8-28-21(35)11-14-4-6-19(38-2)17(10-14)33-25-30-13-16(27)22(34-25)31-15-5-7-20(39-26)18(12-15)32-24(26)37/h4-7,10,12-13H,3,8-9,11H2,1-2H3,(H,28,35)(H,29,36)(H,32,37)(H2,30,31,33,34). The summed E-state index contributed by atoms with van der Waals surface area (Å²) in [6, 6.07) is 9.89. The van der Waals surface area contributed by atoms with Gasteiger partial charge in [-0.15, -0.1) is 0 Å². The van der Waals surface area contributed by atoms with Gasteiger partial charge in [0.1, 0.15) is 11.5 Å². The average Bonchev–Trinajstić information content (AvgIpc) is 2.91. The van der Waals surface area contributed by atoms with Crippen molar-refractivity contribution in [3.8, 4) is 11.5 Å². The maximum absolute atomic E-state index is 14.6. The molecule has 0 saturated carbocycles. The van der Waals surface area contributed by atoms with Crippen LogP contribution in [-0.2, 0) is 20.8 Å². The first-order valence-corrected chi connectivity index (χ1v) is 12.2. The minimum Gasteiger partial charge on any atom is -0.495 e. The van der Waals surface area contributed by atoms with Crippen LogP contribution in [0.2, 0.25) is 0 Å². The van der Waals surface area contributed by atoms with Crippen molar-refractivity contribution in [1.82, 2.24) is 20.6 Å². The zero-order chi connectivity index (χ0) is 27.6. The second-order valence-electron chi connectivity index (χ2n) is 9.11. The van der Waals surface area contributed by atoms with Gasteiger partial charge in [0.2, 0.25) is 11.9 Å². The summed E-state index contributed by atoms with van der Waals surface area (Å²) in [6.07, 6.45) is 1.54. The molecule has 5 heterocycles. The van der Waals surface area contributed by atoms with E-state index in [0.717, 1.165) is 6.20 Å². The quantitative estimate of drug-likeness (QED) is 0.295. The van der Waals surface area contributed by atoms with E-state index < -0.39 is 23.2 Å². The third-order valence-corrected chi connectivity index (χ3v) is 6.25. The largest absolute Gasteiger partial charge is 0.495 e. The van der Waals surface area contributed by atoms with Gasteiger partial charge < -0.3 is 36.1 Å². The van der Waals surface area contributed by atoms with Gasteiger partial charge >= 0.3 is 0 Å². The smallest absolute Gasteiger partial charge is 0.278 e. The van der Waals surface area contributed by atoms with Crippen LogP contribution in [0.25, 0.3) is 0 Å². The fourth-order valence-electron chi connectivity index (χ4n) is 4.12. The maximum atomic E-state index is 14.6. The molecule has 4 aliphatic rings. The summed E-state index contributed by atoms with van der Waals surface area (Å²) >= 11 is 0. The number of nitrogens with one attached hydrogen (secondary N) is 5.